The van der Waals surface area contributed by atoms with Crippen molar-refractivity contribution in [3.8, 4) is 0 Å². The molecule has 0 aromatic rings. The number of esters is 1. The van der Waals surface area contributed by atoms with E-state index in [4.69, 9.17) is 9.47 Å². The Morgan fingerprint density at radius 2 is 2.46 bits per heavy atom. The van der Waals surface area contributed by atoms with Crippen molar-refractivity contribution in [2.45, 2.75) is 39.4 Å². The molecule has 0 aromatic heterocycles. The molecule has 74 valence electrons. The molecule has 0 aliphatic carbocycles. The lowest BCUT2D eigenvalue weighted by Gasteiger charge is -2.10. The molecule has 0 amide bonds. The summed E-state index contributed by atoms with van der Waals surface area (Å²) in [6, 6.07) is 0. The van der Waals surface area contributed by atoms with Crippen LogP contribution in [0, 0.1) is 0 Å². The maximum absolute atomic E-state index is 11.3. The molecule has 1 saturated heterocycles. The zero-order valence-corrected chi connectivity index (χ0v) is 8.21. The molecule has 1 unspecified atom stereocenters. The first-order valence-electron chi connectivity index (χ1n) is 4.73. The summed E-state index contributed by atoms with van der Waals surface area (Å²) >= 11 is 0. The lowest BCUT2D eigenvalue weighted by Crippen LogP contribution is -2.17. The Morgan fingerprint density at radius 3 is 3.00 bits per heavy atom. The van der Waals surface area contributed by atoms with Gasteiger partial charge in [0.05, 0.1) is 6.61 Å². The second-order valence-electron chi connectivity index (χ2n) is 3.14. The predicted molar refractivity (Wildman–Crippen MR) is 49.1 cm³/mol. The highest BCUT2D eigenvalue weighted by atomic mass is 16.7. The maximum Gasteiger partial charge on any atom is 0.335 e. The first-order chi connectivity index (χ1) is 6.24. The van der Waals surface area contributed by atoms with Gasteiger partial charge >= 0.3 is 5.97 Å². The molecule has 13 heavy (non-hydrogen) atoms. The highest BCUT2D eigenvalue weighted by Gasteiger charge is 2.19. The smallest absolute Gasteiger partial charge is 0.335 e. The van der Waals surface area contributed by atoms with Crippen molar-refractivity contribution in [3.05, 3.63) is 11.6 Å². The van der Waals surface area contributed by atoms with Gasteiger partial charge in [-0.25, -0.2) is 4.79 Å². The van der Waals surface area contributed by atoms with Crippen molar-refractivity contribution in [1.29, 1.82) is 0 Å². The van der Waals surface area contributed by atoms with Crippen LogP contribution in [0.2, 0.25) is 0 Å². The normalized spacial score (nSPS) is 23.2. The monoisotopic (exact) mass is 184 g/mol. The van der Waals surface area contributed by atoms with Gasteiger partial charge in [0.15, 0.2) is 0 Å². The molecule has 0 saturated carbocycles. The summed E-state index contributed by atoms with van der Waals surface area (Å²) in [4.78, 5) is 11.3. The Labute approximate surface area is 78.7 Å². The molecular formula is C10H16O3. The van der Waals surface area contributed by atoms with E-state index >= 15 is 0 Å². The zero-order chi connectivity index (χ0) is 9.68. The van der Waals surface area contributed by atoms with Crippen molar-refractivity contribution in [3.63, 3.8) is 0 Å². The van der Waals surface area contributed by atoms with Crippen molar-refractivity contribution in [2.75, 3.05) is 6.61 Å². The van der Waals surface area contributed by atoms with Crippen molar-refractivity contribution in [1.82, 2.24) is 0 Å². The van der Waals surface area contributed by atoms with Crippen molar-refractivity contribution >= 4 is 5.97 Å². The van der Waals surface area contributed by atoms with E-state index in [0.29, 0.717) is 12.2 Å². The molecule has 1 aliphatic rings. The van der Waals surface area contributed by atoms with E-state index in [1.807, 2.05) is 13.0 Å². The van der Waals surface area contributed by atoms with E-state index in [1.54, 1.807) is 6.92 Å². The molecule has 1 fully saturated rings. The average molecular weight is 184 g/mol. The number of hydrogen-bond acceptors (Lipinski definition) is 3. The number of carbonyl (C=O) groups excluding carboxylic acids is 1. The molecule has 1 rings (SSSR count). The van der Waals surface area contributed by atoms with Gasteiger partial charge in [-0.1, -0.05) is 13.0 Å². The third-order valence-corrected chi connectivity index (χ3v) is 1.96. The lowest BCUT2D eigenvalue weighted by molar-refractivity contribution is -0.164. The van der Waals surface area contributed by atoms with Crippen LogP contribution in [0.4, 0.5) is 0 Å². The minimum absolute atomic E-state index is 0.256. The fraction of sp³-hybridized carbons (Fsp3) is 0.700. The van der Waals surface area contributed by atoms with E-state index in [2.05, 4.69) is 0 Å². The van der Waals surface area contributed by atoms with E-state index in [-0.39, 0.29) is 12.3 Å². The Kier molecular flexibility index (Phi) is 3.96. The van der Waals surface area contributed by atoms with Crippen molar-refractivity contribution in [2.24, 2.45) is 0 Å². The fourth-order valence-corrected chi connectivity index (χ4v) is 1.24. The van der Waals surface area contributed by atoms with Crippen LogP contribution in [-0.2, 0) is 14.3 Å². The molecule has 0 radical (unpaired) electrons. The number of allylic oxidation sites excluding steroid dienone is 1. The van der Waals surface area contributed by atoms with Gasteiger partial charge in [-0.3, -0.25) is 0 Å². The van der Waals surface area contributed by atoms with Crippen LogP contribution in [0.25, 0.3) is 0 Å². The third kappa shape index (κ3) is 3.19. The van der Waals surface area contributed by atoms with Gasteiger partial charge in [0, 0.05) is 12.0 Å². The molecule has 0 N–H and O–H groups in total. The first kappa shape index (κ1) is 10.3. The first-order valence-corrected chi connectivity index (χ1v) is 4.73. The van der Waals surface area contributed by atoms with Gasteiger partial charge < -0.3 is 9.47 Å². The van der Waals surface area contributed by atoms with E-state index in [1.165, 1.54) is 0 Å². The molecule has 3 heteroatoms. The molecule has 0 aromatic carbocycles. The molecule has 1 atom stereocenters. The van der Waals surface area contributed by atoms with Gasteiger partial charge in [0.2, 0.25) is 6.29 Å². The Bertz CT molecular complexity index is 202. The SMILES string of the molecule is CCC=C(C)C(=O)OC1CCCO1. The second kappa shape index (κ2) is 5.02. The van der Waals surface area contributed by atoms with Gasteiger partial charge in [0.25, 0.3) is 0 Å². The maximum atomic E-state index is 11.3. The topological polar surface area (TPSA) is 35.5 Å². The number of hydrogen-bond donors (Lipinski definition) is 0. The van der Waals surface area contributed by atoms with Gasteiger partial charge in [-0.15, -0.1) is 0 Å². The van der Waals surface area contributed by atoms with Crippen LogP contribution in [0.5, 0.6) is 0 Å². The summed E-state index contributed by atoms with van der Waals surface area (Å²) in [5, 5.41) is 0. The molecule has 1 heterocycles. The summed E-state index contributed by atoms with van der Waals surface area (Å²) in [5.74, 6) is -0.256. The van der Waals surface area contributed by atoms with Crippen LogP contribution in [-0.4, -0.2) is 18.9 Å². The highest BCUT2D eigenvalue weighted by Crippen LogP contribution is 2.14. The van der Waals surface area contributed by atoms with Crippen LogP contribution >= 0.6 is 0 Å². The van der Waals surface area contributed by atoms with Crippen LogP contribution in [0.15, 0.2) is 11.6 Å². The van der Waals surface area contributed by atoms with E-state index in [0.717, 1.165) is 19.3 Å². The summed E-state index contributed by atoms with van der Waals surface area (Å²) < 4.78 is 10.3. The highest BCUT2D eigenvalue weighted by molar-refractivity contribution is 5.87. The summed E-state index contributed by atoms with van der Waals surface area (Å²) in [6.07, 6.45) is 4.20. The fourth-order valence-electron chi connectivity index (χ4n) is 1.24. The molecular weight excluding hydrogens is 168 g/mol. The zero-order valence-electron chi connectivity index (χ0n) is 8.21. The Balaban J connectivity index is 2.35. The van der Waals surface area contributed by atoms with Gasteiger partial charge in [0.1, 0.15) is 0 Å². The summed E-state index contributed by atoms with van der Waals surface area (Å²) in [7, 11) is 0. The van der Waals surface area contributed by atoms with Crippen LogP contribution in [0.1, 0.15) is 33.1 Å². The predicted octanol–water partition coefficient (Wildman–Crippen LogP) is 2.02. The third-order valence-electron chi connectivity index (χ3n) is 1.96. The number of ether oxygens (including phenoxy) is 2. The quantitative estimate of drug-likeness (QED) is 0.497. The summed E-state index contributed by atoms with van der Waals surface area (Å²) in [6.45, 7) is 4.46. The standard InChI is InChI=1S/C10H16O3/c1-3-5-8(2)10(11)13-9-6-4-7-12-9/h5,9H,3-4,6-7H2,1-2H3. The largest absolute Gasteiger partial charge is 0.432 e. The molecule has 3 nitrogen and oxygen atoms in total. The molecule has 1 aliphatic heterocycles. The van der Waals surface area contributed by atoms with Crippen LogP contribution < -0.4 is 0 Å². The number of carbonyl (C=O) groups is 1. The van der Waals surface area contributed by atoms with Gasteiger partial charge in [-0.05, 0) is 19.8 Å². The Morgan fingerprint density at radius 1 is 1.69 bits per heavy atom. The van der Waals surface area contributed by atoms with E-state index in [9.17, 15) is 4.79 Å². The average Bonchev–Trinajstić information content (AvgIpc) is 2.57. The number of rotatable bonds is 3. The van der Waals surface area contributed by atoms with Gasteiger partial charge in [-0.2, -0.15) is 0 Å². The minimum Gasteiger partial charge on any atom is -0.432 e. The minimum atomic E-state index is -0.312. The molecule has 0 bridgehead atoms. The molecule has 0 spiro atoms. The lowest BCUT2D eigenvalue weighted by atomic mass is 10.2. The van der Waals surface area contributed by atoms with Crippen LogP contribution in [0.3, 0.4) is 0 Å². The Hall–Kier alpha value is -0.830. The summed E-state index contributed by atoms with van der Waals surface area (Å²) in [5.41, 5.74) is 0.665. The van der Waals surface area contributed by atoms with E-state index < -0.39 is 0 Å². The van der Waals surface area contributed by atoms with Crippen molar-refractivity contribution < 1.29 is 14.3 Å². The second-order valence-corrected chi connectivity index (χ2v) is 3.14.